The minimum absolute atomic E-state index is 1.18. The minimum atomic E-state index is 1.18. The van der Waals surface area contributed by atoms with Crippen LogP contribution in [0, 0.1) is 6.92 Å². The van der Waals surface area contributed by atoms with Crippen LogP contribution in [0.4, 0.5) is 0 Å². The maximum absolute atomic E-state index is 3.66. The van der Waals surface area contributed by atoms with E-state index in [1.54, 1.807) is 0 Å². The first kappa shape index (κ1) is 17.8. The smallest absolute Gasteiger partial charge is 0.0262 e. The monoisotopic (exact) mass is 230 g/mol. The van der Waals surface area contributed by atoms with Crippen LogP contribution in [0.3, 0.4) is 0 Å². The second-order valence-electron chi connectivity index (χ2n) is 3.45. The van der Waals surface area contributed by atoms with Gasteiger partial charge in [-0.05, 0) is 40.2 Å². The summed E-state index contributed by atoms with van der Waals surface area (Å²) in [5, 5.41) is 0. The summed E-state index contributed by atoms with van der Waals surface area (Å²) in [4.78, 5) is 0. The zero-order chi connectivity index (χ0) is 13.5. The third-order valence-electron chi connectivity index (χ3n) is 1.98. The molecule has 0 aromatic heterocycles. The Labute approximate surface area is 107 Å². The van der Waals surface area contributed by atoms with Crippen molar-refractivity contribution in [3.63, 3.8) is 0 Å². The van der Waals surface area contributed by atoms with E-state index in [1.807, 2.05) is 58.1 Å². The van der Waals surface area contributed by atoms with Gasteiger partial charge in [-0.1, -0.05) is 66.8 Å². The molecule has 0 heterocycles. The van der Waals surface area contributed by atoms with E-state index in [9.17, 15) is 0 Å². The summed E-state index contributed by atoms with van der Waals surface area (Å²) in [6, 6.07) is 8.28. The molecule has 0 nitrogen and oxygen atoms in total. The Morgan fingerprint density at radius 3 is 1.35 bits per heavy atom. The van der Waals surface area contributed by atoms with Gasteiger partial charge in [0.15, 0.2) is 0 Å². The molecule has 1 aromatic rings. The van der Waals surface area contributed by atoms with Crippen LogP contribution in [0.15, 0.2) is 55.1 Å². The van der Waals surface area contributed by atoms with E-state index >= 15 is 0 Å². The molecule has 0 aliphatic heterocycles. The molecule has 0 radical (unpaired) electrons. The number of benzene rings is 1. The van der Waals surface area contributed by atoms with Crippen molar-refractivity contribution in [3.8, 4) is 0 Å². The molecule has 0 saturated heterocycles. The maximum atomic E-state index is 3.66. The average Bonchev–Trinajstić information content (AvgIpc) is 2.40. The van der Waals surface area contributed by atoms with Gasteiger partial charge in [0.25, 0.3) is 0 Å². The molecule has 0 spiro atoms. The molecule has 0 amide bonds. The average molecular weight is 230 g/mol. The first-order valence-corrected chi connectivity index (χ1v) is 5.99. The summed E-state index contributed by atoms with van der Waals surface area (Å²) in [7, 11) is 0. The first-order chi connectivity index (χ1) is 8.15. The summed E-state index contributed by atoms with van der Waals surface area (Å²) < 4.78 is 0. The van der Waals surface area contributed by atoms with Crippen LogP contribution in [0.25, 0.3) is 6.08 Å². The first-order valence-electron chi connectivity index (χ1n) is 5.99. The van der Waals surface area contributed by atoms with E-state index in [4.69, 9.17) is 0 Å². The zero-order valence-corrected chi connectivity index (χ0v) is 11.9. The number of allylic oxidation sites excluding steroid dienone is 4. The standard InChI is InChI=1S/C9H10.2C4H8/c1-3-9-6-4-8(2)5-7-9;2*1-3-4-2/h3-7H,1H2,2H3;2*3-4H,1-2H3. The van der Waals surface area contributed by atoms with Crippen LogP contribution >= 0.6 is 0 Å². The molecule has 0 aliphatic carbocycles. The molecule has 0 fully saturated rings. The van der Waals surface area contributed by atoms with Crippen LogP contribution in [0.2, 0.25) is 0 Å². The van der Waals surface area contributed by atoms with Gasteiger partial charge in [0, 0.05) is 0 Å². The van der Waals surface area contributed by atoms with E-state index in [2.05, 4.69) is 37.8 Å². The molecule has 1 rings (SSSR count). The van der Waals surface area contributed by atoms with Crippen LogP contribution in [0.5, 0.6) is 0 Å². The van der Waals surface area contributed by atoms with Crippen LogP contribution in [-0.2, 0) is 0 Å². The summed E-state index contributed by atoms with van der Waals surface area (Å²) in [6.45, 7) is 13.7. The summed E-state index contributed by atoms with van der Waals surface area (Å²) in [5.41, 5.74) is 2.47. The zero-order valence-electron chi connectivity index (χ0n) is 11.9. The molecule has 0 atom stereocenters. The highest BCUT2D eigenvalue weighted by molar-refractivity contribution is 5.46. The van der Waals surface area contributed by atoms with Crippen LogP contribution in [-0.4, -0.2) is 0 Å². The molecule has 0 saturated carbocycles. The molecule has 1 aromatic carbocycles. The number of hydrogen-bond acceptors (Lipinski definition) is 0. The van der Waals surface area contributed by atoms with E-state index in [0.29, 0.717) is 0 Å². The maximum Gasteiger partial charge on any atom is -0.0262 e. The number of aryl methyl sites for hydroxylation is 1. The number of rotatable bonds is 1. The van der Waals surface area contributed by atoms with Crippen molar-refractivity contribution in [1.29, 1.82) is 0 Å². The Balaban J connectivity index is 0. The fourth-order valence-corrected chi connectivity index (χ4v) is 0.703. The van der Waals surface area contributed by atoms with E-state index in [1.165, 1.54) is 11.1 Å². The highest BCUT2D eigenvalue weighted by Gasteiger charge is 1.82. The molecule has 17 heavy (non-hydrogen) atoms. The molecule has 0 bridgehead atoms. The van der Waals surface area contributed by atoms with Gasteiger partial charge in [0.2, 0.25) is 0 Å². The van der Waals surface area contributed by atoms with Crippen molar-refractivity contribution in [1.82, 2.24) is 0 Å². The van der Waals surface area contributed by atoms with Gasteiger partial charge in [0.1, 0.15) is 0 Å². The molecule has 0 heteroatoms. The molecular weight excluding hydrogens is 204 g/mol. The SMILES string of the molecule is C=Cc1ccc(C)cc1.CC=CC.CC=CC. The van der Waals surface area contributed by atoms with Crippen molar-refractivity contribution in [3.05, 3.63) is 66.3 Å². The van der Waals surface area contributed by atoms with Crippen molar-refractivity contribution in [2.45, 2.75) is 34.6 Å². The third kappa shape index (κ3) is 14.4. The lowest BCUT2D eigenvalue weighted by Crippen LogP contribution is -1.71. The minimum Gasteiger partial charge on any atom is -0.0985 e. The van der Waals surface area contributed by atoms with Crippen molar-refractivity contribution in [2.24, 2.45) is 0 Å². The Kier molecular flexibility index (Phi) is 15.1. The van der Waals surface area contributed by atoms with Crippen molar-refractivity contribution < 1.29 is 0 Å². The third-order valence-corrected chi connectivity index (χ3v) is 1.98. The van der Waals surface area contributed by atoms with Crippen molar-refractivity contribution in [2.75, 3.05) is 0 Å². The largest absolute Gasteiger partial charge is 0.0985 e. The predicted octanol–water partition coefficient (Wildman–Crippen LogP) is 5.80. The molecule has 0 unspecified atom stereocenters. The van der Waals surface area contributed by atoms with Crippen molar-refractivity contribution >= 4 is 6.08 Å². The van der Waals surface area contributed by atoms with Gasteiger partial charge in [-0.25, -0.2) is 0 Å². The van der Waals surface area contributed by atoms with Gasteiger partial charge in [-0.15, -0.1) is 0 Å². The summed E-state index contributed by atoms with van der Waals surface area (Å²) in [5.74, 6) is 0. The quantitative estimate of drug-likeness (QED) is 0.535. The molecular formula is C17H26. The van der Waals surface area contributed by atoms with Gasteiger partial charge >= 0.3 is 0 Å². The lowest BCUT2D eigenvalue weighted by Gasteiger charge is -1.91. The highest BCUT2D eigenvalue weighted by Crippen LogP contribution is 2.02. The second-order valence-corrected chi connectivity index (χ2v) is 3.45. The van der Waals surface area contributed by atoms with E-state index in [0.717, 1.165) is 0 Å². The fourth-order valence-electron chi connectivity index (χ4n) is 0.703. The van der Waals surface area contributed by atoms with Crippen LogP contribution < -0.4 is 0 Å². The fraction of sp³-hybridized carbons (Fsp3) is 0.294. The molecule has 0 aliphatic rings. The molecule has 0 N–H and O–H groups in total. The Bertz CT molecular complexity index is 294. The second kappa shape index (κ2) is 14.4. The Morgan fingerprint density at radius 2 is 1.12 bits per heavy atom. The van der Waals surface area contributed by atoms with Gasteiger partial charge in [0.05, 0.1) is 0 Å². The summed E-state index contributed by atoms with van der Waals surface area (Å²) >= 11 is 0. The topological polar surface area (TPSA) is 0 Å². The normalized spacial score (nSPS) is 9.24. The lowest BCUT2D eigenvalue weighted by atomic mass is 10.2. The highest BCUT2D eigenvalue weighted by atomic mass is 13.9. The Hall–Kier alpha value is -1.56. The Morgan fingerprint density at radius 1 is 0.765 bits per heavy atom. The van der Waals surface area contributed by atoms with E-state index < -0.39 is 0 Å². The van der Waals surface area contributed by atoms with Crippen LogP contribution in [0.1, 0.15) is 38.8 Å². The van der Waals surface area contributed by atoms with E-state index in [-0.39, 0.29) is 0 Å². The van der Waals surface area contributed by atoms with Gasteiger partial charge in [-0.2, -0.15) is 0 Å². The molecule has 94 valence electrons. The lowest BCUT2D eigenvalue weighted by molar-refractivity contribution is 1.46. The predicted molar refractivity (Wildman–Crippen MR) is 82.2 cm³/mol. The van der Waals surface area contributed by atoms with Gasteiger partial charge < -0.3 is 0 Å². The summed E-state index contributed by atoms with van der Waals surface area (Å²) in [6.07, 6.45) is 9.85. The number of hydrogen-bond donors (Lipinski definition) is 0. The van der Waals surface area contributed by atoms with Gasteiger partial charge in [-0.3, -0.25) is 0 Å².